The molecule has 2 rings (SSSR count). The number of hydrogen-bond acceptors (Lipinski definition) is 3. The summed E-state index contributed by atoms with van der Waals surface area (Å²) in [5.41, 5.74) is 2.42. The molecule has 1 unspecified atom stereocenters. The Kier molecular flexibility index (Phi) is 5.24. The van der Waals surface area contributed by atoms with Crippen LogP contribution in [-0.2, 0) is 13.1 Å². The van der Waals surface area contributed by atoms with Crippen molar-refractivity contribution < 1.29 is 4.42 Å². The van der Waals surface area contributed by atoms with Gasteiger partial charge >= 0.3 is 0 Å². The first-order chi connectivity index (χ1) is 9.61. The third kappa shape index (κ3) is 3.63. The summed E-state index contributed by atoms with van der Waals surface area (Å²) in [6.07, 6.45) is 1.75. The smallest absolute Gasteiger partial charge is 0.122 e. The normalized spacial score (nSPS) is 12.8. The van der Waals surface area contributed by atoms with Gasteiger partial charge in [-0.15, -0.1) is 0 Å². The van der Waals surface area contributed by atoms with Crippen LogP contribution in [-0.4, -0.2) is 19.0 Å². The van der Waals surface area contributed by atoms with Crippen molar-refractivity contribution in [1.29, 1.82) is 0 Å². The van der Waals surface area contributed by atoms with Gasteiger partial charge in [0.2, 0.25) is 0 Å². The van der Waals surface area contributed by atoms with E-state index in [0.717, 1.165) is 23.9 Å². The molecule has 0 bridgehead atoms. The molecule has 1 aromatic carbocycles. The van der Waals surface area contributed by atoms with Gasteiger partial charge in [0.25, 0.3) is 0 Å². The van der Waals surface area contributed by atoms with E-state index in [9.17, 15) is 0 Å². The zero-order chi connectivity index (χ0) is 14.5. The van der Waals surface area contributed by atoms with Crippen molar-refractivity contribution in [3.05, 3.63) is 58.5 Å². The van der Waals surface area contributed by atoms with Gasteiger partial charge in [0, 0.05) is 23.2 Å². The molecule has 0 aliphatic carbocycles. The molecule has 0 saturated heterocycles. The number of halogens is 1. The molecule has 1 N–H and O–H groups in total. The highest BCUT2D eigenvalue weighted by Crippen LogP contribution is 2.24. The predicted octanol–water partition coefficient (Wildman–Crippen LogP) is 3.85. The average molecular weight is 293 g/mol. The Morgan fingerprint density at radius 1 is 1.35 bits per heavy atom. The van der Waals surface area contributed by atoms with Crippen LogP contribution in [0, 0.1) is 0 Å². The summed E-state index contributed by atoms with van der Waals surface area (Å²) in [5.74, 6) is 1.01. The molecule has 1 heterocycles. The second kappa shape index (κ2) is 6.93. The summed E-state index contributed by atoms with van der Waals surface area (Å²) in [7, 11) is 4.03. The Morgan fingerprint density at radius 3 is 2.85 bits per heavy atom. The maximum atomic E-state index is 6.06. The quantitative estimate of drug-likeness (QED) is 0.877. The Labute approximate surface area is 125 Å². The first-order valence-electron chi connectivity index (χ1n) is 6.77. The lowest BCUT2D eigenvalue weighted by molar-refractivity contribution is 0.231. The SMILES string of the molecule is CNCc1ccoc1CN(C)C(C)c1cccc(Cl)c1. The van der Waals surface area contributed by atoms with E-state index in [1.807, 2.05) is 31.3 Å². The second-order valence-electron chi connectivity index (χ2n) is 5.05. The fourth-order valence-electron chi connectivity index (χ4n) is 2.24. The van der Waals surface area contributed by atoms with Gasteiger partial charge < -0.3 is 9.73 Å². The van der Waals surface area contributed by atoms with Gasteiger partial charge in [-0.1, -0.05) is 23.7 Å². The number of benzene rings is 1. The van der Waals surface area contributed by atoms with E-state index in [1.165, 1.54) is 11.1 Å². The van der Waals surface area contributed by atoms with Crippen LogP contribution in [0.15, 0.2) is 41.0 Å². The van der Waals surface area contributed by atoms with E-state index >= 15 is 0 Å². The molecule has 0 fully saturated rings. The molecule has 0 aliphatic heterocycles. The number of nitrogens with one attached hydrogen (secondary N) is 1. The minimum absolute atomic E-state index is 0.279. The van der Waals surface area contributed by atoms with Crippen molar-refractivity contribution >= 4 is 11.6 Å². The topological polar surface area (TPSA) is 28.4 Å². The zero-order valence-electron chi connectivity index (χ0n) is 12.2. The van der Waals surface area contributed by atoms with Crippen LogP contribution in [0.2, 0.25) is 5.02 Å². The van der Waals surface area contributed by atoms with Gasteiger partial charge in [-0.2, -0.15) is 0 Å². The van der Waals surface area contributed by atoms with Gasteiger partial charge in [0.05, 0.1) is 12.8 Å². The zero-order valence-corrected chi connectivity index (χ0v) is 12.9. The van der Waals surface area contributed by atoms with Crippen LogP contribution in [0.5, 0.6) is 0 Å². The number of nitrogens with zero attached hydrogens (tertiary/aromatic N) is 1. The van der Waals surface area contributed by atoms with E-state index < -0.39 is 0 Å². The van der Waals surface area contributed by atoms with Crippen molar-refractivity contribution in [2.45, 2.75) is 26.1 Å². The molecule has 0 spiro atoms. The summed E-state index contributed by atoms with van der Waals surface area (Å²) in [5, 5.41) is 3.93. The lowest BCUT2D eigenvalue weighted by Gasteiger charge is -2.24. The highest BCUT2D eigenvalue weighted by molar-refractivity contribution is 6.30. The Bertz CT molecular complexity index is 553. The predicted molar refractivity (Wildman–Crippen MR) is 82.8 cm³/mol. The van der Waals surface area contributed by atoms with Crippen LogP contribution in [0.25, 0.3) is 0 Å². The van der Waals surface area contributed by atoms with Gasteiger partial charge in [0.15, 0.2) is 0 Å². The highest BCUT2D eigenvalue weighted by Gasteiger charge is 2.15. The van der Waals surface area contributed by atoms with Gasteiger partial charge in [-0.25, -0.2) is 0 Å². The van der Waals surface area contributed by atoms with Gasteiger partial charge in [-0.3, -0.25) is 4.90 Å². The summed E-state index contributed by atoms with van der Waals surface area (Å²) in [6, 6.07) is 10.3. The number of furan rings is 1. The summed E-state index contributed by atoms with van der Waals surface area (Å²) in [6.45, 7) is 3.77. The molecular formula is C16H21ClN2O. The van der Waals surface area contributed by atoms with Crippen molar-refractivity contribution in [2.75, 3.05) is 14.1 Å². The molecule has 0 radical (unpaired) electrons. The summed E-state index contributed by atoms with van der Waals surface area (Å²) in [4.78, 5) is 2.25. The molecule has 108 valence electrons. The van der Waals surface area contributed by atoms with Crippen molar-refractivity contribution in [2.24, 2.45) is 0 Å². The third-order valence-corrected chi connectivity index (χ3v) is 3.83. The van der Waals surface area contributed by atoms with Crippen molar-refractivity contribution in [3.8, 4) is 0 Å². The minimum Gasteiger partial charge on any atom is -0.468 e. The van der Waals surface area contributed by atoms with Crippen LogP contribution in [0.1, 0.15) is 29.9 Å². The van der Waals surface area contributed by atoms with Crippen LogP contribution >= 0.6 is 11.6 Å². The molecular weight excluding hydrogens is 272 g/mol. The standard InChI is InChI=1S/C16H21ClN2O/c1-12(13-5-4-6-15(17)9-13)19(3)11-16-14(10-18-2)7-8-20-16/h4-9,12,18H,10-11H2,1-3H3. The molecule has 1 aromatic heterocycles. The first-order valence-corrected chi connectivity index (χ1v) is 7.15. The molecule has 0 aliphatic rings. The van der Waals surface area contributed by atoms with Gasteiger partial charge in [-0.05, 0) is 44.8 Å². The first kappa shape index (κ1) is 15.1. The molecule has 4 heteroatoms. The molecule has 2 aromatic rings. The average Bonchev–Trinajstić information content (AvgIpc) is 2.85. The maximum Gasteiger partial charge on any atom is 0.122 e. The van der Waals surface area contributed by atoms with Gasteiger partial charge in [0.1, 0.15) is 5.76 Å². The van der Waals surface area contributed by atoms with Crippen molar-refractivity contribution in [3.63, 3.8) is 0 Å². The number of hydrogen-bond donors (Lipinski definition) is 1. The lowest BCUT2D eigenvalue weighted by atomic mass is 10.1. The monoisotopic (exact) mass is 292 g/mol. The molecule has 0 amide bonds. The Morgan fingerprint density at radius 2 is 2.15 bits per heavy atom. The van der Waals surface area contributed by atoms with Crippen LogP contribution < -0.4 is 5.32 Å². The van der Waals surface area contributed by atoms with Crippen molar-refractivity contribution in [1.82, 2.24) is 10.2 Å². The maximum absolute atomic E-state index is 6.06. The van der Waals surface area contributed by atoms with Crippen LogP contribution in [0.3, 0.4) is 0 Å². The molecule has 1 atom stereocenters. The number of rotatable bonds is 6. The third-order valence-electron chi connectivity index (χ3n) is 3.59. The fraction of sp³-hybridized carbons (Fsp3) is 0.375. The highest BCUT2D eigenvalue weighted by atomic mass is 35.5. The Balaban J connectivity index is 2.07. The summed E-state index contributed by atoms with van der Waals surface area (Å²) >= 11 is 6.06. The second-order valence-corrected chi connectivity index (χ2v) is 5.48. The summed E-state index contributed by atoms with van der Waals surface area (Å²) < 4.78 is 5.59. The van der Waals surface area contributed by atoms with E-state index in [2.05, 4.69) is 30.3 Å². The lowest BCUT2D eigenvalue weighted by Crippen LogP contribution is -2.22. The van der Waals surface area contributed by atoms with E-state index in [1.54, 1.807) is 6.26 Å². The molecule has 3 nitrogen and oxygen atoms in total. The van der Waals surface area contributed by atoms with E-state index in [-0.39, 0.29) is 6.04 Å². The van der Waals surface area contributed by atoms with E-state index in [4.69, 9.17) is 16.0 Å². The fourth-order valence-corrected chi connectivity index (χ4v) is 2.44. The largest absolute Gasteiger partial charge is 0.468 e. The Hall–Kier alpha value is -1.29. The molecule has 20 heavy (non-hydrogen) atoms. The van der Waals surface area contributed by atoms with E-state index in [0.29, 0.717) is 0 Å². The minimum atomic E-state index is 0.279. The van der Waals surface area contributed by atoms with Crippen LogP contribution in [0.4, 0.5) is 0 Å². The molecule has 0 saturated carbocycles.